The van der Waals surface area contributed by atoms with E-state index < -0.39 is 0 Å². The summed E-state index contributed by atoms with van der Waals surface area (Å²) in [5, 5.41) is 3.61. The van der Waals surface area contributed by atoms with Gasteiger partial charge in [-0.05, 0) is 26.0 Å². The fourth-order valence-electron chi connectivity index (χ4n) is 2.62. The Balaban J connectivity index is 2.60. The summed E-state index contributed by atoms with van der Waals surface area (Å²) < 4.78 is 5.77. The lowest BCUT2D eigenvalue weighted by Gasteiger charge is -2.21. The number of hydrogen-bond acceptors (Lipinski definition) is 2. The molecule has 2 nitrogen and oxygen atoms in total. The van der Waals surface area contributed by atoms with Crippen molar-refractivity contribution >= 4 is 0 Å². The number of benzene rings is 1. The Morgan fingerprint density at radius 3 is 2.45 bits per heavy atom. The van der Waals surface area contributed by atoms with E-state index in [2.05, 4.69) is 43.4 Å². The highest BCUT2D eigenvalue weighted by Crippen LogP contribution is 2.28. The van der Waals surface area contributed by atoms with Gasteiger partial charge in [0.2, 0.25) is 0 Å². The van der Waals surface area contributed by atoms with Crippen molar-refractivity contribution in [1.29, 1.82) is 0 Å². The summed E-state index contributed by atoms with van der Waals surface area (Å²) in [6, 6.07) is 8.87. The molecule has 1 unspecified atom stereocenters. The molecule has 0 aliphatic rings. The largest absolute Gasteiger partial charge is 0.494 e. The van der Waals surface area contributed by atoms with Crippen LogP contribution in [0, 0.1) is 0 Å². The SMILES string of the molecule is CCCCCCCC(NCC)c1ccccc1OCC. The highest BCUT2D eigenvalue weighted by atomic mass is 16.5. The summed E-state index contributed by atoms with van der Waals surface area (Å²) in [7, 11) is 0. The van der Waals surface area contributed by atoms with E-state index >= 15 is 0 Å². The molecule has 0 saturated heterocycles. The van der Waals surface area contributed by atoms with Crippen molar-refractivity contribution in [1.82, 2.24) is 5.32 Å². The molecule has 2 heteroatoms. The Morgan fingerprint density at radius 2 is 1.75 bits per heavy atom. The summed E-state index contributed by atoms with van der Waals surface area (Å²) in [5.41, 5.74) is 1.31. The first kappa shape index (κ1) is 17.0. The molecule has 0 aromatic heterocycles. The van der Waals surface area contributed by atoms with Crippen molar-refractivity contribution in [2.75, 3.05) is 13.2 Å². The molecule has 0 fully saturated rings. The molecule has 1 atom stereocenters. The molecule has 114 valence electrons. The third kappa shape index (κ3) is 5.96. The first-order valence-corrected chi connectivity index (χ1v) is 8.28. The van der Waals surface area contributed by atoms with Crippen LogP contribution in [0.15, 0.2) is 24.3 Å². The summed E-state index contributed by atoms with van der Waals surface area (Å²) in [5.74, 6) is 1.04. The van der Waals surface area contributed by atoms with Gasteiger partial charge in [-0.1, -0.05) is 64.2 Å². The molecule has 0 saturated carbocycles. The van der Waals surface area contributed by atoms with E-state index in [4.69, 9.17) is 4.74 Å². The van der Waals surface area contributed by atoms with Gasteiger partial charge >= 0.3 is 0 Å². The first-order valence-electron chi connectivity index (χ1n) is 8.28. The molecule has 0 aliphatic heterocycles. The standard InChI is InChI=1S/C18H31NO/c1-4-7-8-9-10-14-17(19-5-2)16-13-11-12-15-18(16)20-6-3/h11-13,15,17,19H,4-10,14H2,1-3H3. The molecule has 0 spiro atoms. The lowest BCUT2D eigenvalue weighted by molar-refractivity contribution is 0.329. The molecule has 0 amide bonds. The van der Waals surface area contributed by atoms with E-state index in [-0.39, 0.29) is 0 Å². The highest BCUT2D eigenvalue weighted by Gasteiger charge is 2.14. The molecule has 1 aromatic carbocycles. The minimum atomic E-state index is 0.421. The fraction of sp³-hybridized carbons (Fsp3) is 0.667. The Bertz CT molecular complexity index is 351. The van der Waals surface area contributed by atoms with Gasteiger partial charge in [0.25, 0.3) is 0 Å². The summed E-state index contributed by atoms with van der Waals surface area (Å²) in [4.78, 5) is 0. The van der Waals surface area contributed by atoms with Crippen LogP contribution in [-0.4, -0.2) is 13.2 Å². The highest BCUT2D eigenvalue weighted by molar-refractivity contribution is 5.35. The molecule has 0 bridgehead atoms. The van der Waals surface area contributed by atoms with Crippen molar-refractivity contribution in [3.63, 3.8) is 0 Å². The van der Waals surface area contributed by atoms with Crippen molar-refractivity contribution in [2.45, 2.75) is 65.3 Å². The van der Waals surface area contributed by atoms with Gasteiger partial charge in [0.05, 0.1) is 6.61 Å². The quantitative estimate of drug-likeness (QED) is 0.568. The minimum Gasteiger partial charge on any atom is -0.494 e. The third-order valence-corrected chi connectivity index (χ3v) is 3.64. The molecule has 0 aliphatic carbocycles. The van der Waals surface area contributed by atoms with Crippen LogP contribution in [0.25, 0.3) is 0 Å². The smallest absolute Gasteiger partial charge is 0.124 e. The molecule has 1 rings (SSSR count). The van der Waals surface area contributed by atoms with E-state index in [1.54, 1.807) is 0 Å². The summed E-state index contributed by atoms with van der Waals surface area (Å²) in [6.07, 6.45) is 7.86. The van der Waals surface area contributed by atoms with Crippen LogP contribution in [0.5, 0.6) is 5.75 Å². The van der Waals surface area contributed by atoms with Crippen LogP contribution in [0.1, 0.15) is 70.9 Å². The molecular formula is C18H31NO. The average Bonchev–Trinajstić information content (AvgIpc) is 2.47. The van der Waals surface area contributed by atoms with Crippen LogP contribution in [-0.2, 0) is 0 Å². The maximum absolute atomic E-state index is 5.77. The van der Waals surface area contributed by atoms with E-state index in [0.29, 0.717) is 6.04 Å². The second kappa shape index (κ2) is 10.7. The number of hydrogen-bond donors (Lipinski definition) is 1. The van der Waals surface area contributed by atoms with Crippen LogP contribution in [0.3, 0.4) is 0 Å². The fourth-order valence-corrected chi connectivity index (χ4v) is 2.62. The molecule has 1 aromatic rings. The second-order valence-corrected chi connectivity index (χ2v) is 5.28. The van der Waals surface area contributed by atoms with Gasteiger partial charge in [-0.2, -0.15) is 0 Å². The minimum absolute atomic E-state index is 0.421. The lowest BCUT2D eigenvalue weighted by Crippen LogP contribution is -2.21. The van der Waals surface area contributed by atoms with Crippen molar-refractivity contribution in [3.05, 3.63) is 29.8 Å². The van der Waals surface area contributed by atoms with E-state index in [1.165, 1.54) is 44.1 Å². The normalized spacial score (nSPS) is 12.3. The predicted molar refractivity (Wildman–Crippen MR) is 87.4 cm³/mol. The summed E-state index contributed by atoms with van der Waals surface area (Å²) in [6.45, 7) is 8.21. The van der Waals surface area contributed by atoms with Crippen LogP contribution in [0.4, 0.5) is 0 Å². The van der Waals surface area contributed by atoms with Gasteiger partial charge in [-0.3, -0.25) is 0 Å². The van der Waals surface area contributed by atoms with Crippen molar-refractivity contribution in [3.8, 4) is 5.75 Å². The first-order chi connectivity index (χ1) is 9.83. The number of nitrogens with one attached hydrogen (secondary N) is 1. The monoisotopic (exact) mass is 277 g/mol. The Kier molecular flexibility index (Phi) is 9.14. The molecular weight excluding hydrogens is 246 g/mol. The van der Waals surface area contributed by atoms with Crippen LogP contribution >= 0.6 is 0 Å². The van der Waals surface area contributed by atoms with Gasteiger partial charge in [0.15, 0.2) is 0 Å². The van der Waals surface area contributed by atoms with Crippen LogP contribution in [0.2, 0.25) is 0 Å². The zero-order valence-electron chi connectivity index (χ0n) is 13.5. The number of para-hydroxylation sites is 1. The topological polar surface area (TPSA) is 21.3 Å². The van der Waals surface area contributed by atoms with Gasteiger partial charge < -0.3 is 10.1 Å². The second-order valence-electron chi connectivity index (χ2n) is 5.28. The maximum atomic E-state index is 5.77. The van der Waals surface area contributed by atoms with Gasteiger partial charge in [0.1, 0.15) is 5.75 Å². The Labute approximate surface area is 124 Å². The number of ether oxygens (including phenoxy) is 1. The Morgan fingerprint density at radius 1 is 1.00 bits per heavy atom. The van der Waals surface area contributed by atoms with E-state index in [0.717, 1.165) is 18.9 Å². The van der Waals surface area contributed by atoms with Crippen molar-refractivity contribution < 1.29 is 4.74 Å². The molecule has 0 heterocycles. The van der Waals surface area contributed by atoms with E-state index in [9.17, 15) is 0 Å². The third-order valence-electron chi connectivity index (χ3n) is 3.64. The maximum Gasteiger partial charge on any atom is 0.124 e. The summed E-state index contributed by atoms with van der Waals surface area (Å²) >= 11 is 0. The van der Waals surface area contributed by atoms with Gasteiger partial charge in [-0.15, -0.1) is 0 Å². The van der Waals surface area contributed by atoms with E-state index in [1.807, 2.05) is 6.92 Å². The van der Waals surface area contributed by atoms with Crippen LogP contribution < -0.4 is 10.1 Å². The average molecular weight is 277 g/mol. The number of rotatable bonds is 11. The Hall–Kier alpha value is -1.02. The lowest BCUT2D eigenvalue weighted by atomic mass is 9.99. The zero-order chi connectivity index (χ0) is 14.6. The van der Waals surface area contributed by atoms with Gasteiger partial charge in [0, 0.05) is 11.6 Å². The zero-order valence-corrected chi connectivity index (χ0v) is 13.5. The number of unbranched alkanes of at least 4 members (excludes halogenated alkanes) is 4. The molecule has 1 N–H and O–H groups in total. The molecule has 0 radical (unpaired) electrons. The predicted octanol–water partition coefficient (Wildman–Crippen LogP) is 5.10. The van der Waals surface area contributed by atoms with Crippen molar-refractivity contribution in [2.24, 2.45) is 0 Å². The molecule has 20 heavy (non-hydrogen) atoms. The van der Waals surface area contributed by atoms with Gasteiger partial charge in [-0.25, -0.2) is 0 Å².